The Hall–Kier alpha value is -3.63. The summed E-state index contributed by atoms with van der Waals surface area (Å²) in [4.78, 5) is 44.4. The van der Waals surface area contributed by atoms with Gasteiger partial charge in [-0.3, -0.25) is 9.59 Å². The lowest BCUT2D eigenvalue weighted by atomic mass is 9.98. The predicted molar refractivity (Wildman–Crippen MR) is 127 cm³/mol. The summed E-state index contributed by atoms with van der Waals surface area (Å²) in [5, 5.41) is 8.65. The molecule has 4 rings (SSSR count). The molecule has 1 saturated heterocycles. The van der Waals surface area contributed by atoms with Crippen molar-refractivity contribution in [1.82, 2.24) is 14.9 Å². The van der Waals surface area contributed by atoms with Crippen LogP contribution >= 0.6 is 0 Å². The number of carbonyl (C=O) groups excluding carboxylic acids is 2. The fraction of sp³-hybridized carbons (Fsp3) is 0.500. The number of likely N-dealkylation sites (tertiary alicyclic amines) is 1. The Morgan fingerprint density at radius 3 is 2.24 bits per heavy atom. The first kappa shape index (κ1) is 26.4. The van der Waals surface area contributed by atoms with Crippen molar-refractivity contribution in [2.24, 2.45) is 5.92 Å². The number of hydrogen-bond donors (Lipinski definition) is 1. The monoisotopic (exact) mass is 517 g/mol. The second-order valence-corrected chi connectivity index (χ2v) is 9.79. The van der Waals surface area contributed by atoms with Crippen LogP contribution in [0.25, 0.3) is 11.1 Å². The molecule has 0 radical (unpaired) electrons. The third-order valence-electron chi connectivity index (χ3n) is 6.65. The number of carbonyl (C=O) groups is 3. The number of benzene rings is 1. The molecule has 1 saturated carbocycles. The molecule has 1 aromatic carbocycles. The lowest BCUT2D eigenvalue weighted by Crippen LogP contribution is -2.41. The first-order valence-electron chi connectivity index (χ1n) is 12.3. The zero-order valence-electron chi connectivity index (χ0n) is 20.5. The summed E-state index contributed by atoms with van der Waals surface area (Å²) in [6.45, 7) is 3.04. The molecule has 1 aliphatic carbocycles. The number of halogens is 2. The second-order valence-electron chi connectivity index (χ2n) is 9.79. The van der Waals surface area contributed by atoms with E-state index >= 15 is 0 Å². The summed E-state index contributed by atoms with van der Waals surface area (Å²) in [6.07, 6.45) is 5.34. The minimum Gasteiger partial charge on any atom is -0.487 e. The van der Waals surface area contributed by atoms with Gasteiger partial charge in [-0.25, -0.2) is 23.5 Å². The van der Waals surface area contributed by atoms with E-state index in [1.54, 1.807) is 4.90 Å². The van der Waals surface area contributed by atoms with Crippen molar-refractivity contribution >= 4 is 17.8 Å². The lowest BCUT2D eigenvalue weighted by molar-refractivity contribution is -0.137. The van der Waals surface area contributed by atoms with Gasteiger partial charge in [0.05, 0.1) is 6.61 Å². The number of ketones is 1. The molecule has 0 bridgehead atoms. The molecular weight excluding hydrogens is 488 g/mol. The summed E-state index contributed by atoms with van der Waals surface area (Å²) >= 11 is 0. The van der Waals surface area contributed by atoms with E-state index in [1.165, 1.54) is 12.4 Å². The predicted octanol–water partition coefficient (Wildman–Crippen LogP) is 4.64. The maximum absolute atomic E-state index is 14.7. The van der Waals surface area contributed by atoms with Gasteiger partial charge >= 0.3 is 12.1 Å². The van der Waals surface area contributed by atoms with Gasteiger partial charge in [-0.05, 0) is 62.6 Å². The number of aliphatic carboxylic acids is 1. The summed E-state index contributed by atoms with van der Waals surface area (Å²) in [5.41, 5.74) is 0.168. The second kappa shape index (κ2) is 11.2. The molecule has 0 atom stereocenters. The maximum atomic E-state index is 14.7. The Balaban J connectivity index is 1.30. The SMILES string of the molecule is CC1(OC(=O)N2CCC(COc3c(F)cc(-c4cnc(C(=O)CCCC(=O)O)nc4)cc3F)CC2)CC1. The third-order valence-corrected chi connectivity index (χ3v) is 6.65. The maximum Gasteiger partial charge on any atom is 0.410 e. The Morgan fingerprint density at radius 1 is 1.05 bits per heavy atom. The standard InChI is InChI=1S/C26H29F2N3O6/c1-26(7-8-26)37-25(35)31-9-5-16(6-10-31)15-36-23-19(27)11-17(12-20(23)28)18-13-29-24(30-14-18)21(32)3-2-4-22(33)34/h11-14,16H,2-10,15H2,1H3,(H,33,34). The van der Waals surface area contributed by atoms with E-state index in [4.69, 9.17) is 14.6 Å². The first-order valence-corrected chi connectivity index (χ1v) is 12.3. The zero-order valence-corrected chi connectivity index (χ0v) is 20.5. The molecule has 11 heteroatoms. The summed E-state index contributed by atoms with van der Waals surface area (Å²) in [7, 11) is 0. The van der Waals surface area contributed by atoms with Crippen molar-refractivity contribution in [3.63, 3.8) is 0 Å². The number of rotatable bonds is 10. The smallest absolute Gasteiger partial charge is 0.410 e. The fourth-order valence-corrected chi connectivity index (χ4v) is 4.03. The van der Waals surface area contributed by atoms with Gasteiger partial charge in [0.1, 0.15) is 5.60 Å². The van der Waals surface area contributed by atoms with Crippen LogP contribution in [-0.4, -0.2) is 63.1 Å². The number of Topliss-reactive ketones (excluding diaryl/α,β-unsaturated/α-hetero) is 1. The van der Waals surface area contributed by atoms with Crippen LogP contribution in [-0.2, 0) is 9.53 Å². The number of carboxylic acid groups (broad SMARTS) is 1. The zero-order chi connectivity index (χ0) is 26.6. The minimum atomic E-state index is -0.994. The molecule has 1 aliphatic heterocycles. The molecular formula is C26H29F2N3O6. The van der Waals surface area contributed by atoms with E-state index in [-0.39, 0.29) is 54.9 Å². The summed E-state index contributed by atoms with van der Waals surface area (Å²) < 4.78 is 40.4. The van der Waals surface area contributed by atoms with Crippen LogP contribution in [0.3, 0.4) is 0 Å². The molecule has 2 aromatic rings. The lowest BCUT2D eigenvalue weighted by Gasteiger charge is -2.32. The van der Waals surface area contributed by atoms with Crippen LogP contribution in [0.1, 0.15) is 62.5 Å². The van der Waals surface area contributed by atoms with E-state index in [0.29, 0.717) is 31.5 Å². The fourth-order valence-electron chi connectivity index (χ4n) is 4.03. The van der Waals surface area contributed by atoms with Gasteiger partial charge in [-0.1, -0.05) is 0 Å². The minimum absolute atomic E-state index is 0.0104. The van der Waals surface area contributed by atoms with E-state index < -0.39 is 29.1 Å². The molecule has 0 unspecified atom stereocenters. The van der Waals surface area contributed by atoms with Crippen molar-refractivity contribution in [2.75, 3.05) is 19.7 Å². The molecule has 1 aromatic heterocycles. The van der Waals surface area contributed by atoms with Gasteiger partial charge in [0.2, 0.25) is 0 Å². The Morgan fingerprint density at radius 2 is 1.68 bits per heavy atom. The van der Waals surface area contributed by atoms with Crippen molar-refractivity contribution in [3.05, 3.63) is 42.0 Å². The molecule has 1 amide bonds. The van der Waals surface area contributed by atoms with Gasteiger partial charge in [0.15, 0.2) is 29.0 Å². The van der Waals surface area contributed by atoms with E-state index in [2.05, 4.69) is 9.97 Å². The Labute approximate surface area is 212 Å². The van der Waals surface area contributed by atoms with Gasteiger partial charge in [0, 0.05) is 43.9 Å². The molecule has 2 heterocycles. The quantitative estimate of drug-likeness (QED) is 0.453. The molecule has 198 valence electrons. The highest BCUT2D eigenvalue weighted by atomic mass is 19.1. The van der Waals surface area contributed by atoms with Gasteiger partial charge in [0.25, 0.3) is 0 Å². The van der Waals surface area contributed by atoms with E-state index in [0.717, 1.165) is 25.0 Å². The van der Waals surface area contributed by atoms with Crippen LogP contribution in [0.15, 0.2) is 24.5 Å². The number of ether oxygens (including phenoxy) is 2. The van der Waals surface area contributed by atoms with E-state index in [1.807, 2.05) is 6.92 Å². The van der Waals surface area contributed by atoms with Crippen molar-refractivity contribution < 1.29 is 37.7 Å². The first-order chi connectivity index (χ1) is 17.6. The molecule has 2 aliphatic rings. The number of carboxylic acids is 1. The number of hydrogen-bond acceptors (Lipinski definition) is 7. The summed E-state index contributed by atoms with van der Waals surface area (Å²) in [5.74, 6) is -3.66. The van der Waals surface area contributed by atoms with Crippen LogP contribution < -0.4 is 4.74 Å². The number of amides is 1. The van der Waals surface area contributed by atoms with Crippen LogP contribution in [0.4, 0.5) is 13.6 Å². The number of piperidine rings is 1. The average Bonchev–Trinajstić information content (AvgIpc) is 3.59. The van der Waals surface area contributed by atoms with Crippen LogP contribution in [0.2, 0.25) is 0 Å². The van der Waals surface area contributed by atoms with Gasteiger partial charge in [-0.15, -0.1) is 0 Å². The van der Waals surface area contributed by atoms with Crippen LogP contribution in [0, 0.1) is 17.6 Å². The highest BCUT2D eigenvalue weighted by molar-refractivity contribution is 5.92. The average molecular weight is 518 g/mol. The number of aromatic nitrogens is 2. The van der Waals surface area contributed by atoms with Gasteiger partial charge < -0.3 is 19.5 Å². The van der Waals surface area contributed by atoms with Crippen molar-refractivity contribution in [3.8, 4) is 16.9 Å². The molecule has 0 spiro atoms. The third kappa shape index (κ3) is 6.99. The molecule has 2 fully saturated rings. The van der Waals surface area contributed by atoms with Crippen molar-refractivity contribution in [2.45, 2.75) is 57.5 Å². The summed E-state index contributed by atoms with van der Waals surface area (Å²) in [6, 6.07) is 2.23. The topological polar surface area (TPSA) is 119 Å². The normalized spacial score (nSPS) is 16.8. The highest BCUT2D eigenvalue weighted by Crippen LogP contribution is 2.39. The number of nitrogens with zero attached hydrogens (tertiary/aromatic N) is 3. The van der Waals surface area contributed by atoms with E-state index in [9.17, 15) is 23.2 Å². The largest absolute Gasteiger partial charge is 0.487 e. The van der Waals surface area contributed by atoms with Crippen molar-refractivity contribution in [1.29, 1.82) is 0 Å². The Kier molecular flexibility index (Phi) is 7.99. The highest BCUT2D eigenvalue weighted by Gasteiger charge is 2.43. The molecule has 9 nitrogen and oxygen atoms in total. The Bertz CT molecular complexity index is 1140. The van der Waals surface area contributed by atoms with Gasteiger partial charge in [-0.2, -0.15) is 0 Å². The molecule has 1 N–H and O–H groups in total. The molecule has 37 heavy (non-hydrogen) atoms. The van der Waals surface area contributed by atoms with Crippen LogP contribution in [0.5, 0.6) is 5.75 Å².